The summed E-state index contributed by atoms with van der Waals surface area (Å²) in [5.41, 5.74) is 3.18. The summed E-state index contributed by atoms with van der Waals surface area (Å²) in [6, 6.07) is 12.1. The first-order valence-electron chi connectivity index (χ1n) is 8.00. The second kappa shape index (κ2) is 9.28. The molecule has 0 N–H and O–H groups in total. The number of aromatic nitrogens is 1. The molecule has 24 heavy (non-hydrogen) atoms. The van der Waals surface area contributed by atoms with Crippen LogP contribution in [0.15, 0.2) is 47.6 Å². The van der Waals surface area contributed by atoms with Gasteiger partial charge in [-0.2, -0.15) is 0 Å². The predicted molar refractivity (Wildman–Crippen MR) is 112 cm³/mol. The van der Waals surface area contributed by atoms with Crippen LogP contribution in [0.25, 0.3) is 10.9 Å². The van der Waals surface area contributed by atoms with Crippen LogP contribution in [0, 0.1) is 5.92 Å². The first-order valence-corrected chi connectivity index (χ1v) is 10.8. The third-order valence-corrected chi connectivity index (χ3v) is 7.69. The molecule has 3 rings (SSSR count). The van der Waals surface area contributed by atoms with E-state index in [1.165, 1.54) is 11.1 Å². The molecule has 0 saturated carbocycles. The van der Waals surface area contributed by atoms with Crippen LogP contribution >= 0.6 is 45.7 Å². The third-order valence-electron chi connectivity index (χ3n) is 4.05. The van der Waals surface area contributed by atoms with Gasteiger partial charge in [0.2, 0.25) is 0 Å². The highest BCUT2D eigenvalue weighted by atomic mass is 35.6. The van der Waals surface area contributed by atoms with Crippen molar-refractivity contribution in [1.29, 1.82) is 0 Å². The molecule has 0 spiro atoms. The van der Waals surface area contributed by atoms with Gasteiger partial charge in [0.15, 0.2) is 3.79 Å². The Hall–Kier alpha value is -0.480. The van der Waals surface area contributed by atoms with Crippen molar-refractivity contribution in [2.24, 2.45) is 10.9 Å². The SMILES string of the molecule is CC(CC(C)C(Cl)(Cl)Cl)[SH]1C=NCC1.c1ccc2ncccc2c1. The number of thiol groups is 1. The summed E-state index contributed by atoms with van der Waals surface area (Å²) < 4.78 is -1.12. The van der Waals surface area contributed by atoms with Crippen LogP contribution in [-0.2, 0) is 0 Å². The van der Waals surface area contributed by atoms with Crippen molar-refractivity contribution in [3.05, 3.63) is 42.6 Å². The molecule has 0 fully saturated rings. The summed E-state index contributed by atoms with van der Waals surface area (Å²) >= 11 is 17.5. The van der Waals surface area contributed by atoms with E-state index >= 15 is 0 Å². The molecular formula is C18H23Cl3N2S. The first kappa shape index (κ1) is 19.8. The van der Waals surface area contributed by atoms with Gasteiger partial charge in [0, 0.05) is 29.6 Å². The van der Waals surface area contributed by atoms with Gasteiger partial charge in [-0.1, -0.05) is 72.9 Å². The van der Waals surface area contributed by atoms with Gasteiger partial charge in [0.1, 0.15) is 0 Å². The second-order valence-electron chi connectivity index (χ2n) is 5.98. The zero-order valence-electron chi connectivity index (χ0n) is 13.9. The summed E-state index contributed by atoms with van der Waals surface area (Å²) in [4.78, 5) is 8.44. The zero-order chi connectivity index (χ0) is 17.6. The van der Waals surface area contributed by atoms with E-state index in [2.05, 4.69) is 34.6 Å². The Kier molecular flexibility index (Phi) is 7.67. The number of nitrogens with zero attached hydrogens (tertiary/aromatic N) is 2. The molecule has 2 aromatic rings. The summed E-state index contributed by atoms with van der Waals surface area (Å²) in [6.45, 7) is 5.21. The van der Waals surface area contributed by atoms with E-state index in [9.17, 15) is 0 Å². The molecule has 1 aromatic carbocycles. The molecule has 6 heteroatoms. The number of hydrogen-bond donors (Lipinski definition) is 1. The van der Waals surface area contributed by atoms with Crippen molar-refractivity contribution in [3.63, 3.8) is 0 Å². The van der Waals surface area contributed by atoms with Gasteiger partial charge >= 0.3 is 0 Å². The number of fused-ring (bicyclic) bond motifs is 1. The van der Waals surface area contributed by atoms with Crippen molar-refractivity contribution in [2.75, 3.05) is 12.3 Å². The van der Waals surface area contributed by atoms with E-state index in [-0.39, 0.29) is 16.8 Å². The molecule has 0 saturated heterocycles. The van der Waals surface area contributed by atoms with E-state index in [1.54, 1.807) is 0 Å². The largest absolute Gasteiger partial charge is 0.287 e. The van der Waals surface area contributed by atoms with Crippen molar-refractivity contribution in [3.8, 4) is 0 Å². The van der Waals surface area contributed by atoms with Gasteiger partial charge in [-0.05, 0) is 29.6 Å². The van der Waals surface area contributed by atoms with Crippen LogP contribution in [-0.4, -0.2) is 31.9 Å². The Labute approximate surface area is 162 Å². The number of para-hydroxylation sites is 1. The normalized spacial score (nSPS) is 21.1. The molecule has 2 heterocycles. The zero-order valence-corrected chi connectivity index (χ0v) is 17.0. The maximum absolute atomic E-state index is 5.84. The van der Waals surface area contributed by atoms with E-state index in [0.29, 0.717) is 5.25 Å². The van der Waals surface area contributed by atoms with Crippen LogP contribution in [0.5, 0.6) is 0 Å². The Balaban J connectivity index is 0.000000182. The standard InChI is InChI=1S/C9H16Cl3NS.C9H7N/c1-7(9(10,11)12)5-8(2)14-4-3-13-6-14;1-2-6-9-8(4-1)5-3-7-10-9/h6-8,14H,3-5H2,1-2H3;1-7H. The van der Waals surface area contributed by atoms with E-state index in [1.807, 2.05) is 37.4 Å². The highest BCUT2D eigenvalue weighted by Crippen LogP contribution is 2.42. The minimum absolute atomic E-state index is 0.0536. The number of hydrogen-bond acceptors (Lipinski definition) is 2. The highest BCUT2D eigenvalue weighted by Gasteiger charge is 2.30. The average Bonchev–Trinajstić information content (AvgIpc) is 3.09. The summed E-state index contributed by atoms with van der Waals surface area (Å²) in [5, 5.41) is 1.81. The molecule has 3 atom stereocenters. The average molecular weight is 406 g/mol. The van der Waals surface area contributed by atoms with Crippen LogP contribution in [0.3, 0.4) is 0 Å². The molecule has 3 unspecified atom stereocenters. The van der Waals surface area contributed by atoms with E-state index in [4.69, 9.17) is 34.8 Å². The summed E-state index contributed by atoms with van der Waals surface area (Å²) in [5.74, 6) is 1.32. The van der Waals surface area contributed by atoms with Crippen molar-refractivity contribution >= 4 is 62.1 Å². The lowest BCUT2D eigenvalue weighted by atomic mass is 10.1. The summed E-state index contributed by atoms with van der Waals surface area (Å²) in [6.07, 6.45) is 2.77. The van der Waals surface area contributed by atoms with Gasteiger partial charge in [-0.15, -0.1) is 0 Å². The van der Waals surface area contributed by atoms with Gasteiger partial charge in [-0.25, -0.2) is 10.9 Å². The van der Waals surface area contributed by atoms with Gasteiger partial charge in [0.25, 0.3) is 0 Å². The monoisotopic (exact) mass is 404 g/mol. The van der Waals surface area contributed by atoms with Crippen LogP contribution in [0.2, 0.25) is 0 Å². The third kappa shape index (κ3) is 6.11. The minimum Gasteiger partial charge on any atom is -0.287 e. The molecule has 0 radical (unpaired) electrons. The Morgan fingerprint density at radius 1 is 1.12 bits per heavy atom. The highest BCUT2D eigenvalue weighted by molar-refractivity contribution is 8.29. The molecule has 0 amide bonds. The Bertz CT molecular complexity index is 607. The van der Waals surface area contributed by atoms with Crippen molar-refractivity contribution < 1.29 is 0 Å². The Morgan fingerprint density at radius 3 is 2.46 bits per heavy atom. The summed E-state index contributed by atoms with van der Waals surface area (Å²) in [7, 11) is -0.0536. The number of halogens is 3. The molecule has 0 aliphatic carbocycles. The van der Waals surface area contributed by atoms with Gasteiger partial charge in [0.05, 0.1) is 5.52 Å². The number of alkyl halides is 3. The minimum atomic E-state index is -1.12. The number of rotatable bonds is 3. The molecule has 1 aromatic heterocycles. The maximum atomic E-state index is 5.84. The Morgan fingerprint density at radius 2 is 1.83 bits per heavy atom. The first-order chi connectivity index (χ1) is 11.4. The van der Waals surface area contributed by atoms with E-state index < -0.39 is 3.79 Å². The van der Waals surface area contributed by atoms with Crippen molar-refractivity contribution in [1.82, 2.24) is 4.98 Å². The molecule has 1 aliphatic heterocycles. The quantitative estimate of drug-likeness (QED) is 0.488. The van der Waals surface area contributed by atoms with E-state index in [0.717, 1.165) is 18.5 Å². The molecule has 2 nitrogen and oxygen atoms in total. The fourth-order valence-corrected chi connectivity index (χ4v) is 4.83. The van der Waals surface area contributed by atoms with Crippen LogP contribution in [0.4, 0.5) is 0 Å². The fraction of sp³-hybridized carbons (Fsp3) is 0.444. The fourth-order valence-electron chi connectivity index (χ4n) is 2.52. The molecule has 1 aliphatic rings. The molecule has 132 valence electrons. The second-order valence-corrected chi connectivity index (χ2v) is 10.9. The topological polar surface area (TPSA) is 25.2 Å². The molecule has 0 bridgehead atoms. The van der Waals surface area contributed by atoms with Crippen LogP contribution < -0.4 is 0 Å². The number of benzene rings is 1. The lowest BCUT2D eigenvalue weighted by Gasteiger charge is -2.27. The molecular weight excluding hydrogens is 383 g/mol. The lowest BCUT2D eigenvalue weighted by molar-refractivity contribution is 0.542. The van der Waals surface area contributed by atoms with Crippen molar-refractivity contribution in [2.45, 2.75) is 29.3 Å². The smallest absolute Gasteiger partial charge is 0.193 e. The maximum Gasteiger partial charge on any atom is 0.193 e. The van der Waals surface area contributed by atoms with Gasteiger partial charge in [-0.3, -0.25) is 9.98 Å². The lowest BCUT2D eigenvalue weighted by Crippen LogP contribution is -2.21. The number of aliphatic imine (C=N–C) groups is 1. The van der Waals surface area contributed by atoms with Gasteiger partial charge < -0.3 is 0 Å². The van der Waals surface area contributed by atoms with Crippen LogP contribution in [0.1, 0.15) is 20.3 Å². The number of pyridine rings is 1. The predicted octanol–water partition coefficient (Wildman–Crippen LogP) is 6.05.